The van der Waals surface area contributed by atoms with Gasteiger partial charge in [-0.3, -0.25) is 4.90 Å². The Labute approximate surface area is 120 Å². The van der Waals surface area contributed by atoms with Crippen molar-refractivity contribution >= 4 is 0 Å². The van der Waals surface area contributed by atoms with Crippen molar-refractivity contribution < 1.29 is 0 Å². The van der Waals surface area contributed by atoms with Crippen LogP contribution in [0.5, 0.6) is 0 Å². The minimum atomic E-state index is 0.362. The van der Waals surface area contributed by atoms with Crippen LogP contribution in [0.4, 0.5) is 0 Å². The van der Waals surface area contributed by atoms with E-state index in [4.69, 9.17) is 0 Å². The molecule has 2 heteroatoms. The summed E-state index contributed by atoms with van der Waals surface area (Å²) in [5.74, 6) is 1.04. The van der Waals surface area contributed by atoms with Gasteiger partial charge in [-0.15, -0.1) is 0 Å². The van der Waals surface area contributed by atoms with Crippen LogP contribution in [0.2, 0.25) is 0 Å². The molecule has 2 atom stereocenters. The average Bonchev–Trinajstić information content (AvgIpc) is 3.07. The van der Waals surface area contributed by atoms with Gasteiger partial charge >= 0.3 is 0 Å². The number of piperazine rings is 1. The Balaban J connectivity index is 1.99. The average molecular weight is 266 g/mol. The van der Waals surface area contributed by atoms with Gasteiger partial charge in [-0.1, -0.05) is 54.4 Å². The fourth-order valence-electron chi connectivity index (χ4n) is 3.25. The second-order valence-corrected chi connectivity index (χ2v) is 8.94. The number of nitrogens with zero attached hydrogens (tertiary/aromatic N) is 1. The Kier molecular flexibility index (Phi) is 4.32. The van der Waals surface area contributed by atoms with Gasteiger partial charge in [0.15, 0.2) is 0 Å². The fourth-order valence-corrected chi connectivity index (χ4v) is 3.25. The summed E-state index contributed by atoms with van der Waals surface area (Å²) >= 11 is 0. The molecule has 2 fully saturated rings. The van der Waals surface area contributed by atoms with Crippen molar-refractivity contribution in [1.29, 1.82) is 0 Å². The molecular formula is C17H34N2. The van der Waals surface area contributed by atoms with Gasteiger partial charge in [0.2, 0.25) is 0 Å². The minimum absolute atomic E-state index is 0.362. The van der Waals surface area contributed by atoms with Crippen LogP contribution in [-0.4, -0.2) is 36.6 Å². The summed E-state index contributed by atoms with van der Waals surface area (Å²) in [6, 6.07) is 1.31. The van der Waals surface area contributed by atoms with E-state index in [1.54, 1.807) is 0 Å². The lowest BCUT2D eigenvalue weighted by Gasteiger charge is -2.49. The molecule has 0 aromatic heterocycles. The molecule has 2 rings (SSSR count). The maximum absolute atomic E-state index is 3.81. The molecule has 0 bridgehead atoms. The van der Waals surface area contributed by atoms with E-state index in [0.717, 1.165) is 12.5 Å². The highest BCUT2D eigenvalue weighted by Crippen LogP contribution is 2.35. The van der Waals surface area contributed by atoms with Crippen LogP contribution < -0.4 is 5.32 Å². The second kappa shape index (κ2) is 5.37. The van der Waals surface area contributed by atoms with E-state index in [1.807, 2.05) is 0 Å². The van der Waals surface area contributed by atoms with Gasteiger partial charge in [0.1, 0.15) is 0 Å². The van der Waals surface area contributed by atoms with Crippen molar-refractivity contribution in [2.24, 2.45) is 16.7 Å². The lowest BCUT2D eigenvalue weighted by Crippen LogP contribution is -2.63. The van der Waals surface area contributed by atoms with E-state index < -0.39 is 0 Å². The fraction of sp³-hybridized carbons (Fsp3) is 1.00. The van der Waals surface area contributed by atoms with E-state index in [2.05, 4.69) is 51.8 Å². The smallest absolute Gasteiger partial charge is 0.0269 e. The summed E-state index contributed by atoms with van der Waals surface area (Å²) in [6.07, 6.45) is 4.38. The van der Waals surface area contributed by atoms with Gasteiger partial charge in [-0.25, -0.2) is 0 Å². The van der Waals surface area contributed by atoms with Crippen LogP contribution in [0.3, 0.4) is 0 Å². The highest BCUT2D eigenvalue weighted by Gasteiger charge is 2.39. The first-order chi connectivity index (χ1) is 8.68. The first-order valence-corrected chi connectivity index (χ1v) is 8.15. The first-order valence-electron chi connectivity index (χ1n) is 8.15. The lowest BCUT2D eigenvalue weighted by atomic mass is 9.79. The van der Waals surface area contributed by atoms with Gasteiger partial charge in [0.25, 0.3) is 0 Å². The molecule has 0 aromatic carbocycles. The van der Waals surface area contributed by atoms with Crippen LogP contribution in [0.1, 0.15) is 60.8 Å². The molecule has 0 amide bonds. The molecule has 0 aromatic rings. The molecule has 19 heavy (non-hydrogen) atoms. The Bertz CT molecular complexity index is 293. The molecule has 1 aliphatic heterocycles. The summed E-state index contributed by atoms with van der Waals surface area (Å²) < 4.78 is 0. The SMILES string of the molecule is CC(C)(C)C1CN(CCC2CC2)C(C(C)(C)C)CN1. The van der Waals surface area contributed by atoms with Gasteiger partial charge < -0.3 is 5.32 Å². The Morgan fingerprint density at radius 3 is 2.11 bits per heavy atom. The zero-order valence-corrected chi connectivity index (χ0v) is 13.9. The predicted molar refractivity (Wildman–Crippen MR) is 83.4 cm³/mol. The molecule has 0 radical (unpaired) electrons. The third-order valence-corrected chi connectivity index (χ3v) is 4.98. The summed E-state index contributed by atoms with van der Waals surface area (Å²) in [5, 5.41) is 3.81. The molecule has 112 valence electrons. The highest BCUT2D eigenvalue weighted by molar-refractivity contribution is 4.96. The summed E-state index contributed by atoms with van der Waals surface area (Å²) in [6.45, 7) is 17.9. The van der Waals surface area contributed by atoms with Gasteiger partial charge in [-0.05, 0) is 29.7 Å². The topological polar surface area (TPSA) is 15.3 Å². The molecule has 2 unspecified atom stereocenters. The molecule has 1 aliphatic carbocycles. The maximum atomic E-state index is 3.81. The molecule has 1 saturated heterocycles. The lowest BCUT2D eigenvalue weighted by molar-refractivity contribution is 0.0288. The zero-order chi connectivity index (χ0) is 14.3. The third kappa shape index (κ3) is 4.19. The molecular weight excluding hydrogens is 232 g/mol. The third-order valence-electron chi connectivity index (χ3n) is 4.98. The Morgan fingerprint density at radius 2 is 1.63 bits per heavy atom. The molecule has 0 spiro atoms. The van der Waals surface area contributed by atoms with E-state index in [9.17, 15) is 0 Å². The van der Waals surface area contributed by atoms with E-state index in [0.29, 0.717) is 22.9 Å². The zero-order valence-electron chi connectivity index (χ0n) is 13.9. The van der Waals surface area contributed by atoms with Crippen molar-refractivity contribution in [3.63, 3.8) is 0 Å². The van der Waals surface area contributed by atoms with Crippen molar-refractivity contribution in [3.8, 4) is 0 Å². The normalized spacial score (nSPS) is 30.6. The number of hydrogen-bond donors (Lipinski definition) is 1. The summed E-state index contributed by atoms with van der Waals surface area (Å²) in [7, 11) is 0. The van der Waals surface area contributed by atoms with Crippen LogP contribution in [0.15, 0.2) is 0 Å². The first kappa shape index (κ1) is 15.3. The maximum Gasteiger partial charge on any atom is 0.0269 e. The molecule has 1 heterocycles. The minimum Gasteiger partial charge on any atom is -0.311 e. The second-order valence-electron chi connectivity index (χ2n) is 8.94. The van der Waals surface area contributed by atoms with Crippen molar-refractivity contribution in [2.45, 2.75) is 72.9 Å². The van der Waals surface area contributed by atoms with Gasteiger partial charge in [0, 0.05) is 25.2 Å². The molecule has 2 nitrogen and oxygen atoms in total. The summed E-state index contributed by atoms with van der Waals surface area (Å²) in [4.78, 5) is 2.78. The Morgan fingerprint density at radius 1 is 1.00 bits per heavy atom. The van der Waals surface area contributed by atoms with Gasteiger partial charge in [0.05, 0.1) is 0 Å². The highest BCUT2D eigenvalue weighted by atomic mass is 15.2. The van der Waals surface area contributed by atoms with Crippen LogP contribution >= 0.6 is 0 Å². The summed E-state index contributed by atoms with van der Waals surface area (Å²) in [5.41, 5.74) is 0.736. The molecule has 1 N–H and O–H groups in total. The van der Waals surface area contributed by atoms with E-state index >= 15 is 0 Å². The van der Waals surface area contributed by atoms with Crippen LogP contribution in [0.25, 0.3) is 0 Å². The molecule has 2 aliphatic rings. The van der Waals surface area contributed by atoms with E-state index in [-0.39, 0.29) is 0 Å². The van der Waals surface area contributed by atoms with Crippen molar-refractivity contribution in [2.75, 3.05) is 19.6 Å². The predicted octanol–water partition coefficient (Wildman–Crippen LogP) is 3.52. The monoisotopic (exact) mass is 266 g/mol. The molecule has 1 saturated carbocycles. The van der Waals surface area contributed by atoms with E-state index in [1.165, 1.54) is 32.4 Å². The number of rotatable bonds is 3. The number of nitrogens with one attached hydrogen (secondary N) is 1. The quantitative estimate of drug-likeness (QED) is 0.841. The van der Waals surface area contributed by atoms with Gasteiger partial charge in [-0.2, -0.15) is 0 Å². The van der Waals surface area contributed by atoms with Crippen LogP contribution in [0, 0.1) is 16.7 Å². The number of hydrogen-bond acceptors (Lipinski definition) is 2. The van der Waals surface area contributed by atoms with Crippen molar-refractivity contribution in [3.05, 3.63) is 0 Å². The largest absolute Gasteiger partial charge is 0.311 e. The van der Waals surface area contributed by atoms with Crippen LogP contribution in [-0.2, 0) is 0 Å². The van der Waals surface area contributed by atoms with Crippen molar-refractivity contribution in [1.82, 2.24) is 10.2 Å². The Hall–Kier alpha value is -0.0800. The standard InChI is InChI=1S/C17H34N2/c1-16(2,3)14-12-19(10-9-13-7-8-13)15(11-18-14)17(4,5)6/h13-15,18H,7-12H2,1-6H3.